The summed E-state index contributed by atoms with van der Waals surface area (Å²) in [6.45, 7) is 1.57. The average molecular weight is 312 g/mol. The van der Waals surface area contributed by atoms with Crippen molar-refractivity contribution in [2.24, 2.45) is 0 Å². The van der Waals surface area contributed by atoms with Crippen LogP contribution in [-0.4, -0.2) is 6.03 Å². The monoisotopic (exact) mass is 312 g/mol. The van der Waals surface area contributed by atoms with E-state index in [-0.39, 0.29) is 11.4 Å². The third-order valence-electron chi connectivity index (χ3n) is 2.88. The lowest BCUT2D eigenvalue weighted by molar-refractivity contribution is -0.137. The van der Waals surface area contributed by atoms with Crippen molar-refractivity contribution >= 4 is 17.4 Å². The van der Waals surface area contributed by atoms with E-state index in [2.05, 4.69) is 10.6 Å². The molecule has 22 heavy (non-hydrogen) atoms. The Kier molecular flexibility index (Phi) is 4.35. The molecule has 116 valence electrons. The Balaban J connectivity index is 2.07. The van der Waals surface area contributed by atoms with Crippen LogP contribution in [0.4, 0.5) is 33.7 Å². The lowest BCUT2D eigenvalue weighted by Crippen LogP contribution is -2.20. The molecule has 0 aliphatic heterocycles. The summed E-state index contributed by atoms with van der Waals surface area (Å²) in [4.78, 5) is 11.7. The van der Waals surface area contributed by atoms with Crippen molar-refractivity contribution in [2.45, 2.75) is 13.1 Å². The van der Waals surface area contributed by atoms with E-state index in [9.17, 15) is 22.4 Å². The van der Waals surface area contributed by atoms with Crippen LogP contribution in [0.2, 0.25) is 0 Å². The van der Waals surface area contributed by atoms with Gasteiger partial charge in [0.2, 0.25) is 0 Å². The Morgan fingerprint density at radius 3 is 2.23 bits per heavy atom. The Hall–Kier alpha value is -2.57. The topological polar surface area (TPSA) is 41.1 Å². The number of carbonyl (C=O) groups excluding carboxylic acids is 1. The molecule has 0 radical (unpaired) electrons. The highest BCUT2D eigenvalue weighted by Gasteiger charge is 2.30. The van der Waals surface area contributed by atoms with E-state index in [0.717, 1.165) is 18.2 Å². The molecule has 0 saturated carbocycles. The number of aryl methyl sites for hydroxylation is 1. The molecule has 2 rings (SSSR count). The van der Waals surface area contributed by atoms with Crippen LogP contribution in [0.15, 0.2) is 42.5 Å². The van der Waals surface area contributed by atoms with Gasteiger partial charge in [-0.2, -0.15) is 13.2 Å². The second-order valence-electron chi connectivity index (χ2n) is 4.62. The van der Waals surface area contributed by atoms with Crippen LogP contribution < -0.4 is 10.6 Å². The van der Waals surface area contributed by atoms with Crippen molar-refractivity contribution in [1.29, 1.82) is 0 Å². The molecule has 2 aromatic rings. The molecule has 3 nitrogen and oxygen atoms in total. The minimum atomic E-state index is -4.49. The molecule has 2 aromatic carbocycles. The lowest BCUT2D eigenvalue weighted by Gasteiger charge is -2.11. The molecule has 0 fully saturated rings. The zero-order chi connectivity index (χ0) is 16.3. The number of carbonyl (C=O) groups is 1. The van der Waals surface area contributed by atoms with Crippen molar-refractivity contribution in [2.75, 3.05) is 10.6 Å². The summed E-state index contributed by atoms with van der Waals surface area (Å²) in [5.74, 6) is -0.489. The molecule has 0 aromatic heterocycles. The maximum atomic E-state index is 13.3. The second-order valence-corrected chi connectivity index (χ2v) is 4.62. The molecule has 0 aliphatic carbocycles. The average Bonchev–Trinajstić information content (AvgIpc) is 2.42. The predicted octanol–water partition coefficient (Wildman–Crippen LogP) is 4.80. The van der Waals surface area contributed by atoms with Crippen molar-refractivity contribution in [3.63, 3.8) is 0 Å². The first kappa shape index (κ1) is 15.8. The summed E-state index contributed by atoms with van der Waals surface area (Å²) in [5, 5.41) is 4.61. The lowest BCUT2D eigenvalue weighted by atomic mass is 10.2. The molecule has 0 aliphatic rings. The van der Waals surface area contributed by atoms with Crippen molar-refractivity contribution in [3.05, 3.63) is 59.4 Å². The van der Waals surface area contributed by atoms with Gasteiger partial charge in [0.15, 0.2) is 0 Å². The summed E-state index contributed by atoms with van der Waals surface area (Å²) in [5.41, 5.74) is -0.261. The molecule has 7 heteroatoms. The van der Waals surface area contributed by atoms with E-state index in [1.165, 1.54) is 24.3 Å². The van der Waals surface area contributed by atoms with Crippen LogP contribution in [0.5, 0.6) is 0 Å². The summed E-state index contributed by atoms with van der Waals surface area (Å²) < 4.78 is 51.0. The predicted molar refractivity (Wildman–Crippen MR) is 75.2 cm³/mol. The first-order valence-electron chi connectivity index (χ1n) is 6.27. The smallest absolute Gasteiger partial charge is 0.308 e. The number of anilines is 2. The normalized spacial score (nSPS) is 11.1. The quantitative estimate of drug-likeness (QED) is 0.769. The Bertz CT molecular complexity index is 698. The van der Waals surface area contributed by atoms with Crippen molar-refractivity contribution < 1.29 is 22.4 Å². The SMILES string of the molecule is Cc1ccc(NC(=O)Nc2cccc(C(F)(F)F)c2)cc1F. The van der Waals surface area contributed by atoms with Crippen molar-refractivity contribution in [1.82, 2.24) is 0 Å². The molecular formula is C15H12F4N2O. The summed E-state index contributed by atoms with van der Waals surface area (Å²) in [6.07, 6.45) is -4.49. The third-order valence-corrected chi connectivity index (χ3v) is 2.88. The Morgan fingerprint density at radius 1 is 1.00 bits per heavy atom. The number of nitrogens with one attached hydrogen (secondary N) is 2. The zero-order valence-electron chi connectivity index (χ0n) is 11.5. The molecule has 0 atom stereocenters. The van der Waals surface area contributed by atoms with Gasteiger partial charge < -0.3 is 10.6 Å². The number of hydrogen-bond acceptors (Lipinski definition) is 1. The van der Waals surface area contributed by atoms with Gasteiger partial charge in [0.1, 0.15) is 5.82 Å². The van der Waals surface area contributed by atoms with Crippen LogP contribution in [0, 0.1) is 12.7 Å². The second kappa shape index (κ2) is 6.05. The number of benzene rings is 2. The molecule has 2 amide bonds. The van der Waals surface area contributed by atoms with Gasteiger partial charge in [0.25, 0.3) is 0 Å². The molecule has 0 bridgehead atoms. The number of rotatable bonds is 2. The Labute approximate surface area is 124 Å². The van der Waals surface area contributed by atoms with Gasteiger partial charge in [-0.05, 0) is 42.8 Å². The van der Waals surface area contributed by atoms with Gasteiger partial charge in [-0.3, -0.25) is 0 Å². The third kappa shape index (κ3) is 3.97. The molecule has 0 spiro atoms. The van der Waals surface area contributed by atoms with Gasteiger partial charge in [-0.25, -0.2) is 9.18 Å². The maximum absolute atomic E-state index is 13.3. The van der Waals surface area contributed by atoms with Crippen LogP contribution in [0.1, 0.15) is 11.1 Å². The van der Waals surface area contributed by atoms with E-state index < -0.39 is 23.6 Å². The highest BCUT2D eigenvalue weighted by molar-refractivity contribution is 5.99. The maximum Gasteiger partial charge on any atom is 0.416 e. The minimum Gasteiger partial charge on any atom is -0.308 e. The number of urea groups is 1. The number of hydrogen-bond donors (Lipinski definition) is 2. The Morgan fingerprint density at radius 2 is 1.64 bits per heavy atom. The minimum absolute atomic E-state index is 0.0140. The van der Waals surface area contributed by atoms with Crippen LogP contribution in [0.25, 0.3) is 0 Å². The zero-order valence-corrected chi connectivity index (χ0v) is 11.5. The van der Waals surface area contributed by atoms with Gasteiger partial charge in [-0.1, -0.05) is 12.1 Å². The molecule has 0 heterocycles. The number of amides is 2. The molecule has 0 saturated heterocycles. The fourth-order valence-electron chi connectivity index (χ4n) is 1.74. The highest BCUT2D eigenvalue weighted by atomic mass is 19.4. The molecular weight excluding hydrogens is 300 g/mol. The van der Waals surface area contributed by atoms with Crippen molar-refractivity contribution in [3.8, 4) is 0 Å². The summed E-state index contributed by atoms with van der Waals surface area (Å²) >= 11 is 0. The van der Waals surface area contributed by atoms with Crippen LogP contribution >= 0.6 is 0 Å². The van der Waals surface area contributed by atoms with Gasteiger partial charge in [0.05, 0.1) is 5.56 Å². The molecule has 2 N–H and O–H groups in total. The number of alkyl halides is 3. The molecule has 0 unspecified atom stereocenters. The fourth-order valence-corrected chi connectivity index (χ4v) is 1.74. The van der Waals surface area contributed by atoms with Gasteiger partial charge in [-0.15, -0.1) is 0 Å². The highest BCUT2D eigenvalue weighted by Crippen LogP contribution is 2.30. The largest absolute Gasteiger partial charge is 0.416 e. The van der Waals surface area contributed by atoms with E-state index in [0.29, 0.717) is 5.56 Å². The fraction of sp³-hybridized carbons (Fsp3) is 0.133. The number of halogens is 4. The summed E-state index contributed by atoms with van der Waals surface area (Å²) in [6, 6.07) is 7.56. The van der Waals surface area contributed by atoms with Gasteiger partial charge >= 0.3 is 12.2 Å². The van der Waals surface area contributed by atoms with E-state index >= 15 is 0 Å². The first-order valence-corrected chi connectivity index (χ1v) is 6.27. The van der Waals surface area contributed by atoms with Gasteiger partial charge in [0, 0.05) is 11.4 Å². The standard InChI is InChI=1S/C15H12F4N2O/c1-9-5-6-12(8-13(9)16)21-14(22)20-11-4-2-3-10(7-11)15(17,18)19/h2-8H,1H3,(H2,20,21,22). The summed E-state index contributed by atoms with van der Waals surface area (Å²) in [7, 11) is 0. The van der Waals surface area contributed by atoms with Crippen LogP contribution in [-0.2, 0) is 6.18 Å². The van der Waals surface area contributed by atoms with E-state index in [1.807, 2.05) is 0 Å². The van der Waals surface area contributed by atoms with E-state index in [4.69, 9.17) is 0 Å². The van der Waals surface area contributed by atoms with E-state index in [1.54, 1.807) is 6.92 Å². The first-order chi connectivity index (χ1) is 10.3. The van der Waals surface area contributed by atoms with Crippen LogP contribution in [0.3, 0.4) is 0 Å².